The van der Waals surface area contributed by atoms with Crippen LogP contribution in [0.3, 0.4) is 0 Å². The third kappa shape index (κ3) is 5.62. The Balaban J connectivity index is 0.00000300. The highest BCUT2D eigenvalue weighted by Crippen LogP contribution is 2.27. The molecule has 7 heteroatoms. The number of nitrogens with one attached hydrogen (secondary N) is 1. The molecule has 1 aliphatic rings. The Labute approximate surface area is 189 Å². The van der Waals surface area contributed by atoms with E-state index in [0.29, 0.717) is 23.8 Å². The molecule has 1 heterocycles. The molecule has 0 saturated carbocycles. The largest absolute Gasteiger partial charge is 0.496 e. The van der Waals surface area contributed by atoms with Crippen molar-refractivity contribution in [2.75, 3.05) is 34.4 Å². The lowest BCUT2D eigenvalue weighted by Crippen LogP contribution is -2.39. The number of guanidine groups is 1. The zero-order valence-corrected chi connectivity index (χ0v) is 19.4. The number of nitrogens with zero attached hydrogens (tertiary/aromatic N) is 2. The van der Waals surface area contributed by atoms with Crippen LogP contribution in [0, 0.1) is 0 Å². The van der Waals surface area contributed by atoms with Crippen LogP contribution in [0.1, 0.15) is 33.8 Å². The maximum absolute atomic E-state index is 12.0. The van der Waals surface area contributed by atoms with Crippen molar-refractivity contribution in [2.24, 2.45) is 4.99 Å². The third-order valence-electron chi connectivity index (χ3n) is 5.09. The van der Waals surface area contributed by atoms with E-state index in [9.17, 15) is 4.79 Å². The molecule has 0 amide bonds. The summed E-state index contributed by atoms with van der Waals surface area (Å²) in [6.45, 7) is 2.47. The first-order chi connectivity index (χ1) is 13.7. The number of esters is 1. The van der Waals surface area contributed by atoms with Gasteiger partial charge in [-0.15, -0.1) is 24.0 Å². The molecule has 0 aromatic heterocycles. The summed E-state index contributed by atoms with van der Waals surface area (Å²) in [4.78, 5) is 18.7. The van der Waals surface area contributed by atoms with Crippen LogP contribution in [-0.2, 0) is 11.3 Å². The van der Waals surface area contributed by atoms with Crippen molar-refractivity contribution in [3.8, 4) is 5.75 Å². The lowest BCUT2D eigenvalue weighted by molar-refractivity contribution is 0.0597. The van der Waals surface area contributed by atoms with Crippen molar-refractivity contribution in [1.29, 1.82) is 0 Å². The molecule has 2 aromatic carbocycles. The van der Waals surface area contributed by atoms with Crippen molar-refractivity contribution < 1.29 is 14.3 Å². The van der Waals surface area contributed by atoms with E-state index in [0.717, 1.165) is 31.0 Å². The lowest BCUT2D eigenvalue weighted by atomic mass is 9.99. The average Bonchev–Trinajstić information content (AvgIpc) is 3.24. The Morgan fingerprint density at radius 3 is 2.62 bits per heavy atom. The highest BCUT2D eigenvalue weighted by Gasteiger charge is 2.25. The Morgan fingerprint density at radius 2 is 1.97 bits per heavy atom. The minimum atomic E-state index is -0.409. The second-order valence-electron chi connectivity index (χ2n) is 6.77. The number of benzene rings is 2. The minimum absolute atomic E-state index is 0. The van der Waals surface area contributed by atoms with E-state index in [2.05, 4.69) is 39.5 Å². The third-order valence-corrected chi connectivity index (χ3v) is 5.09. The Morgan fingerprint density at radius 1 is 1.21 bits per heavy atom. The fraction of sp³-hybridized carbons (Fsp3) is 0.364. The summed E-state index contributed by atoms with van der Waals surface area (Å²) in [5.74, 6) is 1.49. The molecule has 1 atom stereocenters. The second-order valence-corrected chi connectivity index (χ2v) is 6.77. The Hall–Kier alpha value is -2.29. The SMILES string of the molecule is CN=C(NCc1ccc(OC)c(C(=O)OC)c1)N1CCC(c2ccccc2)C1.I. The molecule has 1 aliphatic heterocycles. The number of methoxy groups -OCH3 is 2. The lowest BCUT2D eigenvalue weighted by Gasteiger charge is -2.22. The molecule has 0 aliphatic carbocycles. The molecule has 3 rings (SSSR count). The predicted octanol–water partition coefficient (Wildman–Crippen LogP) is 3.66. The van der Waals surface area contributed by atoms with Gasteiger partial charge >= 0.3 is 5.97 Å². The van der Waals surface area contributed by atoms with Gasteiger partial charge in [0.15, 0.2) is 5.96 Å². The van der Waals surface area contributed by atoms with E-state index >= 15 is 0 Å². The molecular weight excluding hydrogens is 481 g/mol. The van der Waals surface area contributed by atoms with Gasteiger partial charge in [-0.1, -0.05) is 36.4 Å². The molecule has 1 saturated heterocycles. The standard InChI is InChI=1S/C22H27N3O3.HI/c1-23-22(25-12-11-18(15-25)17-7-5-4-6-8-17)24-14-16-9-10-20(27-2)19(13-16)21(26)28-3;/h4-10,13,18H,11-12,14-15H2,1-3H3,(H,23,24);1H. The number of likely N-dealkylation sites (tertiary alicyclic amines) is 1. The van der Waals surface area contributed by atoms with Crippen molar-refractivity contribution >= 4 is 35.9 Å². The number of ether oxygens (including phenoxy) is 2. The highest BCUT2D eigenvalue weighted by molar-refractivity contribution is 14.0. The maximum atomic E-state index is 12.0. The van der Waals surface area contributed by atoms with Crippen LogP contribution >= 0.6 is 24.0 Å². The summed E-state index contributed by atoms with van der Waals surface area (Å²) >= 11 is 0. The number of rotatable bonds is 5. The van der Waals surface area contributed by atoms with Gasteiger partial charge < -0.3 is 19.7 Å². The topological polar surface area (TPSA) is 63.2 Å². The molecular formula is C22H28IN3O3. The molecule has 1 unspecified atom stereocenters. The van der Waals surface area contributed by atoms with E-state index in [1.54, 1.807) is 19.2 Å². The molecule has 0 spiro atoms. The molecule has 0 bridgehead atoms. The molecule has 1 fully saturated rings. The van der Waals surface area contributed by atoms with Crippen LogP contribution in [0.5, 0.6) is 5.75 Å². The van der Waals surface area contributed by atoms with Gasteiger partial charge in [-0.2, -0.15) is 0 Å². The number of carbonyl (C=O) groups excluding carboxylic acids is 1. The number of halogens is 1. The monoisotopic (exact) mass is 509 g/mol. The van der Waals surface area contributed by atoms with Crippen molar-refractivity contribution in [2.45, 2.75) is 18.9 Å². The summed E-state index contributed by atoms with van der Waals surface area (Å²) in [5.41, 5.74) is 2.75. The predicted molar refractivity (Wildman–Crippen MR) is 125 cm³/mol. The molecule has 0 radical (unpaired) electrons. The van der Waals surface area contributed by atoms with Gasteiger partial charge in [0.1, 0.15) is 11.3 Å². The first kappa shape index (κ1) is 23.0. The van der Waals surface area contributed by atoms with Crippen LogP contribution in [-0.4, -0.2) is 51.2 Å². The first-order valence-corrected chi connectivity index (χ1v) is 9.42. The minimum Gasteiger partial charge on any atom is -0.496 e. The summed E-state index contributed by atoms with van der Waals surface area (Å²) in [6, 6.07) is 16.1. The zero-order valence-electron chi connectivity index (χ0n) is 17.1. The zero-order chi connectivity index (χ0) is 19.9. The van der Waals surface area contributed by atoms with Crippen LogP contribution in [0.2, 0.25) is 0 Å². The second kappa shape index (κ2) is 11.0. The Kier molecular flexibility index (Phi) is 8.75. The van der Waals surface area contributed by atoms with E-state index < -0.39 is 5.97 Å². The number of hydrogen-bond donors (Lipinski definition) is 1. The van der Waals surface area contributed by atoms with E-state index in [-0.39, 0.29) is 24.0 Å². The van der Waals surface area contributed by atoms with E-state index in [1.807, 2.05) is 12.1 Å². The van der Waals surface area contributed by atoms with Gasteiger partial charge in [0.2, 0.25) is 0 Å². The number of hydrogen-bond acceptors (Lipinski definition) is 4. The summed E-state index contributed by atoms with van der Waals surface area (Å²) in [7, 11) is 4.70. The van der Waals surface area contributed by atoms with Gasteiger partial charge in [-0.25, -0.2) is 4.79 Å². The molecule has 29 heavy (non-hydrogen) atoms. The summed E-state index contributed by atoms with van der Waals surface area (Å²) in [5, 5.41) is 3.40. The van der Waals surface area contributed by atoms with Crippen LogP contribution in [0.4, 0.5) is 0 Å². The highest BCUT2D eigenvalue weighted by atomic mass is 127. The van der Waals surface area contributed by atoms with E-state index in [4.69, 9.17) is 9.47 Å². The fourth-order valence-corrected chi connectivity index (χ4v) is 3.60. The van der Waals surface area contributed by atoms with Gasteiger partial charge in [0, 0.05) is 32.6 Å². The molecule has 6 nitrogen and oxygen atoms in total. The summed E-state index contributed by atoms with van der Waals surface area (Å²) in [6.07, 6.45) is 1.11. The van der Waals surface area contributed by atoms with Crippen molar-refractivity contribution in [3.63, 3.8) is 0 Å². The van der Waals surface area contributed by atoms with Gasteiger partial charge in [0.05, 0.1) is 14.2 Å². The number of aliphatic imine (C=N–C) groups is 1. The quantitative estimate of drug-likeness (QED) is 0.289. The van der Waals surface area contributed by atoms with E-state index in [1.165, 1.54) is 19.8 Å². The molecule has 2 aromatic rings. The van der Waals surface area contributed by atoms with Gasteiger partial charge in [0.25, 0.3) is 0 Å². The normalized spacial score (nSPS) is 16.2. The van der Waals surface area contributed by atoms with Crippen LogP contribution in [0.25, 0.3) is 0 Å². The van der Waals surface area contributed by atoms with Crippen LogP contribution < -0.4 is 10.1 Å². The first-order valence-electron chi connectivity index (χ1n) is 9.42. The van der Waals surface area contributed by atoms with Crippen LogP contribution in [0.15, 0.2) is 53.5 Å². The van der Waals surface area contributed by atoms with Gasteiger partial charge in [-0.3, -0.25) is 4.99 Å². The molecule has 1 N–H and O–H groups in total. The number of carbonyl (C=O) groups is 1. The maximum Gasteiger partial charge on any atom is 0.341 e. The van der Waals surface area contributed by atoms with Crippen molar-refractivity contribution in [3.05, 3.63) is 65.2 Å². The smallest absolute Gasteiger partial charge is 0.341 e. The summed E-state index contributed by atoms with van der Waals surface area (Å²) < 4.78 is 10.1. The Bertz CT molecular complexity index is 842. The fourth-order valence-electron chi connectivity index (χ4n) is 3.60. The molecule has 156 valence electrons. The average molecular weight is 509 g/mol. The van der Waals surface area contributed by atoms with Gasteiger partial charge in [-0.05, 0) is 29.7 Å². The van der Waals surface area contributed by atoms with Crippen molar-refractivity contribution in [1.82, 2.24) is 10.2 Å².